The normalized spacial score (nSPS) is 19.6. The molecule has 30 heavy (non-hydrogen) atoms. The summed E-state index contributed by atoms with van der Waals surface area (Å²) in [6, 6.07) is 24.4. The lowest BCUT2D eigenvalue weighted by Crippen LogP contribution is -2.42. The maximum atomic E-state index is 13.3. The van der Waals surface area contributed by atoms with Crippen molar-refractivity contribution in [2.75, 3.05) is 6.61 Å². The second-order valence-corrected chi connectivity index (χ2v) is 8.29. The number of hydrogen-bond donors (Lipinski definition) is 0. The van der Waals surface area contributed by atoms with E-state index >= 15 is 0 Å². The molecular formula is C26H25NO2S. The zero-order chi connectivity index (χ0) is 20.8. The van der Waals surface area contributed by atoms with Gasteiger partial charge in [0.2, 0.25) is 0 Å². The van der Waals surface area contributed by atoms with Gasteiger partial charge in [-0.2, -0.15) is 0 Å². The Morgan fingerprint density at radius 3 is 2.50 bits per heavy atom. The lowest BCUT2D eigenvalue weighted by atomic mass is 9.77. The number of nitrogens with zero attached hydrogens (tertiary/aromatic N) is 1. The fourth-order valence-electron chi connectivity index (χ4n) is 4.02. The molecule has 2 atom stereocenters. The van der Waals surface area contributed by atoms with E-state index in [2.05, 4.69) is 42.5 Å². The lowest BCUT2D eigenvalue weighted by molar-refractivity contribution is -0.150. The van der Waals surface area contributed by atoms with Gasteiger partial charge in [-0.15, -0.1) is 11.3 Å². The molecule has 1 aliphatic heterocycles. The van der Waals surface area contributed by atoms with Crippen LogP contribution in [0.25, 0.3) is 6.08 Å². The molecule has 152 valence electrons. The maximum Gasteiger partial charge on any atom is 0.334 e. The maximum absolute atomic E-state index is 13.3. The molecule has 0 fully saturated rings. The van der Waals surface area contributed by atoms with Crippen molar-refractivity contribution in [3.05, 3.63) is 100 Å². The summed E-state index contributed by atoms with van der Waals surface area (Å²) in [5.41, 5.74) is 2.20. The minimum atomic E-state index is -0.956. The first kappa shape index (κ1) is 20.3. The Morgan fingerprint density at radius 2 is 1.83 bits per heavy atom. The number of carbonyl (C=O) groups excluding carboxylic acids is 1. The van der Waals surface area contributed by atoms with Crippen molar-refractivity contribution >= 4 is 29.1 Å². The van der Waals surface area contributed by atoms with E-state index in [0.29, 0.717) is 13.0 Å². The Hall–Kier alpha value is -2.98. The zero-order valence-electron chi connectivity index (χ0n) is 17.0. The van der Waals surface area contributed by atoms with Crippen LogP contribution in [-0.4, -0.2) is 23.8 Å². The van der Waals surface area contributed by atoms with Crippen LogP contribution in [0.5, 0.6) is 0 Å². The van der Waals surface area contributed by atoms with Gasteiger partial charge in [0, 0.05) is 10.8 Å². The molecule has 0 N–H and O–H groups in total. The van der Waals surface area contributed by atoms with Crippen LogP contribution in [0.2, 0.25) is 0 Å². The summed E-state index contributed by atoms with van der Waals surface area (Å²) in [6.45, 7) is 2.19. The Labute approximate surface area is 181 Å². The number of hydrogen-bond acceptors (Lipinski definition) is 4. The average molecular weight is 416 g/mol. The summed E-state index contributed by atoms with van der Waals surface area (Å²) in [6.07, 6.45) is 5.60. The Morgan fingerprint density at radius 1 is 1.10 bits per heavy atom. The third kappa shape index (κ3) is 4.14. The fraction of sp³-hybridized carbons (Fsp3) is 0.231. The summed E-state index contributed by atoms with van der Waals surface area (Å²) in [5, 5.41) is 2.05. The van der Waals surface area contributed by atoms with Crippen molar-refractivity contribution in [1.29, 1.82) is 0 Å². The van der Waals surface area contributed by atoms with E-state index in [9.17, 15) is 4.79 Å². The zero-order valence-corrected chi connectivity index (χ0v) is 17.8. The molecule has 1 aromatic heterocycles. The standard InChI is InChI=1S/C26H25NO2S/c1-2-29-25(28)26(18-17-23(27-26)24-14-9-19-30-24)22(21-12-7-4-8-13-21)16-15-20-10-5-3-6-11-20/h3-16,19,22H,2,17-18H2,1H3/b16-15+/t22-,26+/m1/s1. The van der Waals surface area contributed by atoms with Gasteiger partial charge >= 0.3 is 5.97 Å². The first-order chi connectivity index (χ1) is 14.7. The van der Waals surface area contributed by atoms with E-state index in [1.54, 1.807) is 11.3 Å². The van der Waals surface area contributed by atoms with E-state index in [0.717, 1.165) is 28.1 Å². The molecule has 0 bridgehead atoms. The van der Waals surface area contributed by atoms with Gasteiger partial charge in [-0.1, -0.05) is 78.9 Å². The highest BCUT2D eigenvalue weighted by Crippen LogP contribution is 2.43. The van der Waals surface area contributed by atoms with Gasteiger partial charge in [0.25, 0.3) is 0 Å². The molecule has 0 unspecified atom stereocenters. The Bertz CT molecular complexity index is 1030. The molecule has 4 heteroatoms. The Kier molecular flexibility index (Phi) is 6.24. The SMILES string of the molecule is CCOC(=O)[C@@]1([C@H](/C=C/c2ccccc2)c2ccccc2)CCC(c2cccs2)=N1. The number of rotatable bonds is 7. The number of esters is 1. The van der Waals surface area contributed by atoms with Gasteiger partial charge in [0.1, 0.15) is 0 Å². The van der Waals surface area contributed by atoms with Crippen LogP contribution in [0.1, 0.15) is 41.7 Å². The summed E-state index contributed by atoms with van der Waals surface area (Å²) in [4.78, 5) is 19.5. The molecule has 0 amide bonds. The van der Waals surface area contributed by atoms with Crippen molar-refractivity contribution in [1.82, 2.24) is 0 Å². The first-order valence-electron chi connectivity index (χ1n) is 10.3. The van der Waals surface area contributed by atoms with E-state index in [1.807, 2.05) is 54.8 Å². The fourth-order valence-corrected chi connectivity index (χ4v) is 4.76. The van der Waals surface area contributed by atoms with Gasteiger partial charge in [0.05, 0.1) is 12.3 Å². The molecule has 4 rings (SSSR count). The second kappa shape index (κ2) is 9.23. The van der Waals surface area contributed by atoms with Gasteiger partial charge < -0.3 is 4.74 Å². The number of ether oxygens (including phenoxy) is 1. The molecule has 0 saturated heterocycles. The monoisotopic (exact) mass is 415 g/mol. The van der Waals surface area contributed by atoms with E-state index in [1.165, 1.54) is 0 Å². The van der Waals surface area contributed by atoms with Gasteiger partial charge in [-0.05, 0) is 42.3 Å². The molecule has 0 aliphatic carbocycles. The van der Waals surface area contributed by atoms with E-state index in [-0.39, 0.29) is 11.9 Å². The Balaban J connectivity index is 1.81. The van der Waals surface area contributed by atoms with Crippen molar-refractivity contribution in [2.45, 2.75) is 31.2 Å². The van der Waals surface area contributed by atoms with Gasteiger partial charge in [0.15, 0.2) is 5.54 Å². The number of thiophene rings is 1. The van der Waals surface area contributed by atoms with Gasteiger partial charge in [-0.3, -0.25) is 4.99 Å². The molecule has 2 aromatic carbocycles. The number of aliphatic imine (C=N–C) groups is 1. The van der Waals surface area contributed by atoms with Crippen LogP contribution in [0.4, 0.5) is 0 Å². The predicted molar refractivity (Wildman–Crippen MR) is 124 cm³/mol. The van der Waals surface area contributed by atoms with Crippen molar-refractivity contribution in [3.63, 3.8) is 0 Å². The lowest BCUT2D eigenvalue weighted by Gasteiger charge is -2.31. The van der Waals surface area contributed by atoms with Crippen LogP contribution in [0.3, 0.4) is 0 Å². The van der Waals surface area contributed by atoms with Crippen LogP contribution in [-0.2, 0) is 9.53 Å². The van der Waals surface area contributed by atoms with Crippen LogP contribution in [0, 0.1) is 0 Å². The smallest absolute Gasteiger partial charge is 0.334 e. The molecule has 1 aliphatic rings. The average Bonchev–Trinajstić information content (AvgIpc) is 3.47. The molecule has 3 nitrogen and oxygen atoms in total. The highest BCUT2D eigenvalue weighted by Gasteiger charge is 2.49. The largest absolute Gasteiger partial charge is 0.464 e. The molecule has 2 heterocycles. The summed E-state index contributed by atoms with van der Waals surface area (Å²) in [7, 11) is 0. The quantitative estimate of drug-likeness (QED) is 0.435. The topological polar surface area (TPSA) is 38.7 Å². The first-order valence-corrected chi connectivity index (χ1v) is 11.2. The van der Waals surface area contributed by atoms with Crippen LogP contribution in [0.15, 0.2) is 89.2 Å². The number of carbonyl (C=O) groups is 1. The highest BCUT2D eigenvalue weighted by molar-refractivity contribution is 7.12. The molecule has 0 radical (unpaired) electrons. The molecule has 0 saturated carbocycles. The summed E-state index contributed by atoms with van der Waals surface area (Å²) in [5.74, 6) is -0.460. The highest BCUT2D eigenvalue weighted by atomic mass is 32.1. The molecule has 0 spiro atoms. The van der Waals surface area contributed by atoms with E-state index < -0.39 is 5.54 Å². The third-order valence-electron chi connectivity index (χ3n) is 5.47. The predicted octanol–water partition coefficient (Wildman–Crippen LogP) is 6.13. The van der Waals surface area contributed by atoms with Crippen LogP contribution < -0.4 is 0 Å². The van der Waals surface area contributed by atoms with Gasteiger partial charge in [-0.25, -0.2) is 4.79 Å². The van der Waals surface area contributed by atoms with Crippen molar-refractivity contribution in [2.24, 2.45) is 4.99 Å². The van der Waals surface area contributed by atoms with Crippen molar-refractivity contribution < 1.29 is 9.53 Å². The number of benzene rings is 2. The summed E-state index contributed by atoms with van der Waals surface area (Å²) < 4.78 is 5.57. The van der Waals surface area contributed by atoms with Crippen molar-refractivity contribution in [3.8, 4) is 0 Å². The van der Waals surface area contributed by atoms with Crippen LogP contribution >= 0.6 is 11.3 Å². The minimum Gasteiger partial charge on any atom is -0.464 e. The minimum absolute atomic E-state index is 0.213. The van der Waals surface area contributed by atoms with E-state index in [4.69, 9.17) is 9.73 Å². The molecule has 3 aromatic rings. The molecular weight excluding hydrogens is 390 g/mol. The summed E-state index contributed by atoms with van der Waals surface area (Å²) >= 11 is 1.66. The third-order valence-corrected chi connectivity index (χ3v) is 6.38. The second-order valence-electron chi connectivity index (χ2n) is 7.34.